The first kappa shape index (κ1) is 12.8. The number of Topliss-reactive ketones (excluding diaryl/α,β-unsaturated/α-hetero) is 1. The lowest BCUT2D eigenvalue weighted by Gasteiger charge is -2.28. The number of carbonyl (C=O) groups is 1. The van der Waals surface area contributed by atoms with Gasteiger partial charge in [-0.2, -0.15) is 0 Å². The Hall–Kier alpha value is -0.670. The lowest BCUT2D eigenvalue weighted by molar-refractivity contribution is -0.121. The highest BCUT2D eigenvalue weighted by molar-refractivity contribution is 9.10. The summed E-state index contributed by atoms with van der Waals surface area (Å²) in [5, 5.41) is 0. The third-order valence-corrected chi connectivity index (χ3v) is 4.19. The molecule has 1 aliphatic rings. The molecule has 0 aromatic heterocycles. The number of hydrogen-bond donors (Lipinski definition) is 1. The summed E-state index contributed by atoms with van der Waals surface area (Å²) in [6, 6.07) is 6.29. The summed E-state index contributed by atoms with van der Waals surface area (Å²) in [5.74, 6) is 0.833. The maximum Gasteiger partial charge on any atom is 0.132 e. The monoisotopic (exact) mass is 295 g/mol. The van der Waals surface area contributed by atoms with E-state index in [0.717, 1.165) is 17.3 Å². The Morgan fingerprint density at radius 1 is 1.35 bits per heavy atom. The Balaban J connectivity index is 2.16. The number of carbonyl (C=O) groups excluding carboxylic acids is 1. The second-order valence-corrected chi connectivity index (χ2v) is 5.82. The lowest BCUT2D eigenvalue weighted by atomic mass is 9.80. The molecule has 17 heavy (non-hydrogen) atoms. The van der Waals surface area contributed by atoms with Gasteiger partial charge in [0.1, 0.15) is 5.78 Å². The van der Waals surface area contributed by atoms with E-state index >= 15 is 0 Å². The van der Waals surface area contributed by atoms with Crippen molar-refractivity contribution < 1.29 is 4.79 Å². The maximum absolute atomic E-state index is 11.2. The summed E-state index contributed by atoms with van der Waals surface area (Å²) in [6.45, 7) is 2.09. The van der Waals surface area contributed by atoms with Crippen molar-refractivity contribution in [2.24, 2.45) is 11.7 Å². The second-order valence-electron chi connectivity index (χ2n) is 4.90. The minimum absolute atomic E-state index is 0.0561. The first-order valence-electron chi connectivity index (χ1n) is 6.11. The Kier molecular flexibility index (Phi) is 4.00. The van der Waals surface area contributed by atoms with Gasteiger partial charge in [-0.15, -0.1) is 0 Å². The van der Waals surface area contributed by atoms with Crippen LogP contribution in [0.1, 0.15) is 42.9 Å². The molecule has 0 amide bonds. The predicted octanol–water partition coefficient (Wildman–Crippen LogP) is 3.52. The highest BCUT2D eigenvalue weighted by Crippen LogP contribution is 2.33. The fourth-order valence-corrected chi connectivity index (χ4v) is 2.92. The number of nitrogens with two attached hydrogens (primary N) is 1. The lowest BCUT2D eigenvalue weighted by Crippen LogP contribution is -2.26. The fraction of sp³-hybridized carbons (Fsp3) is 0.500. The number of rotatable bonds is 2. The molecule has 1 unspecified atom stereocenters. The van der Waals surface area contributed by atoms with E-state index in [1.165, 1.54) is 11.1 Å². The van der Waals surface area contributed by atoms with Gasteiger partial charge < -0.3 is 5.73 Å². The van der Waals surface area contributed by atoms with Crippen LogP contribution in [0, 0.1) is 12.8 Å². The van der Waals surface area contributed by atoms with E-state index in [9.17, 15) is 4.79 Å². The van der Waals surface area contributed by atoms with E-state index in [4.69, 9.17) is 5.73 Å². The molecule has 1 aliphatic carbocycles. The molecular weight excluding hydrogens is 278 g/mol. The Labute approximate surface area is 111 Å². The van der Waals surface area contributed by atoms with Crippen molar-refractivity contribution in [3.8, 4) is 0 Å². The van der Waals surface area contributed by atoms with Gasteiger partial charge in [0, 0.05) is 23.4 Å². The van der Waals surface area contributed by atoms with Crippen LogP contribution in [0.15, 0.2) is 22.7 Å². The highest BCUT2D eigenvalue weighted by atomic mass is 79.9. The number of halogens is 1. The number of aryl methyl sites for hydroxylation is 1. The quantitative estimate of drug-likeness (QED) is 0.907. The largest absolute Gasteiger partial charge is 0.324 e. The Morgan fingerprint density at radius 3 is 2.65 bits per heavy atom. The first-order valence-corrected chi connectivity index (χ1v) is 6.90. The average molecular weight is 296 g/mol. The molecule has 2 N–H and O–H groups in total. The molecule has 0 spiro atoms. The SMILES string of the molecule is Cc1ccc(Br)cc1C(N)C1CCC(=O)CC1. The molecule has 1 aromatic rings. The van der Waals surface area contributed by atoms with Gasteiger partial charge in [0.05, 0.1) is 0 Å². The molecule has 2 rings (SSSR count). The zero-order valence-corrected chi connectivity index (χ0v) is 11.7. The molecule has 2 nitrogen and oxygen atoms in total. The second kappa shape index (κ2) is 5.32. The predicted molar refractivity (Wildman–Crippen MR) is 72.8 cm³/mol. The van der Waals surface area contributed by atoms with Crippen LogP contribution in [0.3, 0.4) is 0 Å². The van der Waals surface area contributed by atoms with Gasteiger partial charge in [0.2, 0.25) is 0 Å². The van der Waals surface area contributed by atoms with Crippen molar-refractivity contribution in [3.63, 3.8) is 0 Å². The molecule has 1 saturated carbocycles. The molecule has 3 heteroatoms. The molecule has 0 bridgehead atoms. The van der Waals surface area contributed by atoms with Gasteiger partial charge in [0.25, 0.3) is 0 Å². The van der Waals surface area contributed by atoms with E-state index in [1.807, 2.05) is 6.07 Å². The van der Waals surface area contributed by atoms with Gasteiger partial charge in [-0.1, -0.05) is 22.0 Å². The van der Waals surface area contributed by atoms with Gasteiger partial charge in [0.15, 0.2) is 0 Å². The van der Waals surface area contributed by atoms with Crippen LogP contribution in [0.4, 0.5) is 0 Å². The molecule has 92 valence electrons. The molecule has 0 saturated heterocycles. The normalized spacial score (nSPS) is 19.4. The Bertz CT molecular complexity index is 420. The van der Waals surface area contributed by atoms with Crippen LogP contribution in [0.25, 0.3) is 0 Å². The topological polar surface area (TPSA) is 43.1 Å². The van der Waals surface area contributed by atoms with E-state index in [1.54, 1.807) is 0 Å². The molecule has 1 fully saturated rings. The van der Waals surface area contributed by atoms with Crippen molar-refractivity contribution in [2.75, 3.05) is 0 Å². The summed E-state index contributed by atoms with van der Waals surface area (Å²) < 4.78 is 1.07. The molecule has 0 radical (unpaired) electrons. The van der Waals surface area contributed by atoms with Gasteiger partial charge in [-0.25, -0.2) is 0 Å². The maximum atomic E-state index is 11.2. The van der Waals surface area contributed by atoms with Crippen molar-refractivity contribution in [3.05, 3.63) is 33.8 Å². The van der Waals surface area contributed by atoms with E-state index in [-0.39, 0.29) is 6.04 Å². The summed E-state index contributed by atoms with van der Waals surface area (Å²) in [4.78, 5) is 11.2. The summed E-state index contributed by atoms with van der Waals surface area (Å²) in [7, 11) is 0. The fourth-order valence-electron chi connectivity index (χ4n) is 2.55. The van der Waals surface area contributed by atoms with Crippen molar-refractivity contribution in [1.82, 2.24) is 0 Å². The van der Waals surface area contributed by atoms with Crippen LogP contribution in [-0.4, -0.2) is 5.78 Å². The first-order chi connectivity index (χ1) is 8.08. The smallest absolute Gasteiger partial charge is 0.132 e. The van der Waals surface area contributed by atoms with Crippen molar-refractivity contribution in [1.29, 1.82) is 0 Å². The van der Waals surface area contributed by atoms with E-state index in [0.29, 0.717) is 24.5 Å². The van der Waals surface area contributed by atoms with E-state index < -0.39 is 0 Å². The van der Waals surface area contributed by atoms with Crippen LogP contribution in [0.2, 0.25) is 0 Å². The van der Waals surface area contributed by atoms with Crippen LogP contribution >= 0.6 is 15.9 Å². The Morgan fingerprint density at radius 2 is 2.00 bits per heavy atom. The van der Waals surface area contributed by atoms with Crippen LogP contribution in [0.5, 0.6) is 0 Å². The third-order valence-electron chi connectivity index (χ3n) is 3.70. The minimum atomic E-state index is 0.0561. The molecular formula is C14H18BrNO. The standard InChI is InChI=1S/C14H18BrNO/c1-9-2-5-11(15)8-13(9)14(16)10-3-6-12(17)7-4-10/h2,5,8,10,14H,3-4,6-7,16H2,1H3. The molecule has 1 atom stereocenters. The van der Waals surface area contributed by atoms with Crippen molar-refractivity contribution >= 4 is 21.7 Å². The molecule has 0 aliphatic heterocycles. The third kappa shape index (κ3) is 2.96. The summed E-state index contributed by atoms with van der Waals surface area (Å²) in [6.07, 6.45) is 3.27. The van der Waals surface area contributed by atoms with Crippen LogP contribution < -0.4 is 5.73 Å². The van der Waals surface area contributed by atoms with Gasteiger partial charge in [-0.3, -0.25) is 4.79 Å². The summed E-state index contributed by atoms with van der Waals surface area (Å²) >= 11 is 3.49. The zero-order chi connectivity index (χ0) is 12.4. The molecule has 0 heterocycles. The number of ketones is 1. The number of benzene rings is 1. The minimum Gasteiger partial charge on any atom is -0.324 e. The number of hydrogen-bond acceptors (Lipinski definition) is 2. The van der Waals surface area contributed by atoms with Crippen molar-refractivity contribution in [2.45, 2.75) is 38.6 Å². The molecule has 1 aromatic carbocycles. The zero-order valence-electron chi connectivity index (χ0n) is 10.1. The summed E-state index contributed by atoms with van der Waals surface area (Å²) in [5.41, 5.74) is 8.79. The highest BCUT2D eigenvalue weighted by Gasteiger charge is 2.25. The van der Waals surface area contributed by atoms with Crippen LogP contribution in [-0.2, 0) is 4.79 Å². The van der Waals surface area contributed by atoms with Gasteiger partial charge >= 0.3 is 0 Å². The van der Waals surface area contributed by atoms with E-state index in [2.05, 4.69) is 35.0 Å². The van der Waals surface area contributed by atoms with Gasteiger partial charge in [-0.05, 0) is 48.9 Å². The average Bonchev–Trinajstić information content (AvgIpc) is 2.32.